The van der Waals surface area contributed by atoms with Crippen LogP contribution in [-0.4, -0.2) is 52.2 Å². The second kappa shape index (κ2) is 6.97. The smallest absolute Gasteiger partial charge is 0.407 e. The summed E-state index contributed by atoms with van der Waals surface area (Å²) in [5, 5.41) is 8.96. The van der Waals surface area contributed by atoms with Crippen LogP contribution in [0.1, 0.15) is 11.1 Å². The quantitative estimate of drug-likeness (QED) is 0.940. The molecular weight excluding hydrogens is 309 g/mol. The second-order valence-electron chi connectivity index (χ2n) is 6.04. The molecule has 0 radical (unpaired) electrons. The maximum absolute atomic E-state index is 14.5. The number of amides is 1. The molecule has 1 aliphatic heterocycles. The first-order chi connectivity index (χ1) is 11.5. The van der Waals surface area contributed by atoms with Crippen molar-refractivity contribution in [2.24, 2.45) is 0 Å². The summed E-state index contributed by atoms with van der Waals surface area (Å²) in [6.45, 7) is 4.62. The summed E-state index contributed by atoms with van der Waals surface area (Å²) in [4.78, 5) is 18.4. The van der Waals surface area contributed by atoms with E-state index in [1.807, 2.05) is 25.1 Å². The molecule has 0 aliphatic carbocycles. The molecule has 1 aromatic carbocycles. The first-order valence-corrected chi connectivity index (χ1v) is 7.94. The highest BCUT2D eigenvalue weighted by Gasteiger charge is 2.21. The Morgan fingerprint density at radius 2 is 2.00 bits per heavy atom. The average Bonchev–Trinajstić information content (AvgIpc) is 2.58. The van der Waals surface area contributed by atoms with Gasteiger partial charge in [0.25, 0.3) is 0 Å². The molecule has 2 aromatic rings. The second-order valence-corrected chi connectivity index (χ2v) is 6.04. The van der Waals surface area contributed by atoms with Crippen molar-refractivity contribution in [1.29, 1.82) is 0 Å². The highest BCUT2D eigenvalue weighted by atomic mass is 19.1. The van der Waals surface area contributed by atoms with E-state index in [9.17, 15) is 9.18 Å². The van der Waals surface area contributed by atoms with Gasteiger partial charge in [0.05, 0.1) is 0 Å². The van der Waals surface area contributed by atoms with Crippen LogP contribution in [0.25, 0.3) is 11.1 Å². The van der Waals surface area contributed by atoms with E-state index in [1.54, 1.807) is 18.5 Å². The number of hydrogen-bond acceptors (Lipinski definition) is 3. The van der Waals surface area contributed by atoms with Crippen LogP contribution in [0.2, 0.25) is 0 Å². The lowest BCUT2D eigenvalue weighted by Crippen LogP contribution is -2.47. The fraction of sp³-hybridized carbons (Fsp3) is 0.333. The summed E-state index contributed by atoms with van der Waals surface area (Å²) >= 11 is 0. The lowest BCUT2D eigenvalue weighted by atomic mass is 10.0. The average molecular weight is 329 g/mol. The van der Waals surface area contributed by atoms with Crippen molar-refractivity contribution in [2.45, 2.75) is 13.5 Å². The Labute approximate surface area is 140 Å². The minimum Gasteiger partial charge on any atom is -0.465 e. The summed E-state index contributed by atoms with van der Waals surface area (Å²) in [6, 6.07) is 7.18. The molecule has 1 saturated heterocycles. The number of carboxylic acid groups (broad SMARTS) is 1. The van der Waals surface area contributed by atoms with Gasteiger partial charge in [-0.3, -0.25) is 9.88 Å². The fourth-order valence-corrected chi connectivity index (χ4v) is 2.98. The Morgan fingerprint density at radius 3 is 2.62 bits per heavy atom. The molecule has 1 N–H and O–H groups in total. The summed E-state index contributed by atoms with van der Waals surface area (Å²) < 4.78 is 14.5. The highest BCUT2D eigenvalue weighted by molar-refractivity contribution is 5.67. The van der Waals surface area contributed by atoms with Crippen molar-refractivity contribution < 1.29 is 14.3 Å². The van der Waals surface area contributed by atoms with Crippen molar-refractivity contribution >= 4 is 6.09 Å². The van der Waals surface area contributed by atoms with Gasteiger partial charge in [-0.25, -0.2) is 9.18 Å². The summed E-state index contributed by atoms with van der Waals surface area (Å²) in [5.41, 5.74) is 3.46. The minimum absolute atomic E-state index is 0.232. The van der Waals surface area contributed by atoms with Crippen molar-refractivity contribution in [3.63, 3.8) is 0 Å². The van der Waals surface area contributed by atoms with E-state index in [1.165, 1.54) is 4.90 Å². The lowest BCUT2D eigenvalue weighted by Gasteiger charge is -2.33. The molecule has 0 atom stereocenters. The number of benzene rings is 1. The number of pyridine rings is 1. The van der Waals surface area contributed by atoms with Gasteiger partial charge >= 0.3 is 6.09 Å². The Balaban J connectivity index is 1.70. The topological polar surface area (TPSA) is 56.7 Å². The molecule has 0 spiro atoms. The molecule has 1 aliphatic rings. The molecule has 6 heteroatoms. The standard InChI is InChI=1S/C18H20FN3O2/c1-13-11-20-5-4-16(13)14-2-3-15(17(19)10-14)12-21-6-8-22(9-7-21)18(23)24/h2-5,10-11H,6-9,12H2,1H3,(H,23,24). The molecule has 0 bridgehead atoms. The van der Waals surface area contributed by atoms with Crippen LogP contribution in [0.15, 0.2) is 36.7 Å². The number of hydrogen-bond donors (Lipinski definition) is 1. The number of piperazine rings is 1. The third kappa shape index (κ3) is 3.54. The molecule has 1 fully saturated rings. The van der Waals surface area contributed by atoms with Crippen molar-refractivity contribution in [3.05, 3.63) is 53.6 Å². The maximum atomic E-state index is 14.5. The molecule has 3 rings (SSSR count). The van der Waals surface area contributed by atoms with Crippen LogP contribution in [0.5, 0.6) is 0 Å². The fourth-order valence-electron chi connectivity index (χ4n) is 2.98. The van der Waals surface area contributed by atoms with Gasteiger partial charge in [0, 0.05) is 50.7 Å². The first-order valence-electron chi connectivity index (χ1n) is 7.94. The van der Waals surface area contributed by atoms with E-state index in [0.29, 0.717) is 38.3 Å². The Hall–Kier alpha value is -2.47. The molecule has 0 unspecified atom stereocenters. The molecule has 2 heterocycles. The maximum Gasteiger partial charge on any atom is 0.407 e. The van der Waals surface area contributed by atoms with Gasteiger partial charge in [-0.15, -0.1) is 0 Å². The van der Waals surface area contributed by atoms with E-state index < -0.39 is 6.09 Å². The molecule has 24 heavy (non-hydrogen) atoms. The van der Waals surface area contributed by atoms with Crippen LogP contribution in [-0.2, 0) is 6.54 Å². The van der Waals surface area contributed by atoms with Gasteiger partial charge in [-0.05, 0) is 35.7 Å². The monoisotopic (exact) mass is 329 g/mol. The van der Waals surface area contributed by atoms with Crippen molar-refractivity contribution in [3.8, 4) is 11.1 Å². The number of rotatable bonds is 3. The Bertz CT molecular complexity index is 743. The molecule has 5 nitrogen and oxygen atoms in total. The van der Waals surface area contributed by atoms with E-state index in [0.717, 1.165) is 16.7 Å². The van der Waals surface area contributed by atoms with Crippen LogP contribution >= 0.6 is 0 Å². The number of halogens is 1. The van der Waals surface area contributed by atoms with Gasteiger partial charge in [0.2, 0.25) is 0 Å². The predicted octanol–water partition coefficient (Wildman–Crippen LogP) is 2.99. The number of aryl methyl sites for hydroxylation is 1. The van der Waals surface area contributed by atoms with Crippen LogP contribution in [0.3, 0.4) is 0 Å². The number of carbonyl (C=O) groups is 1. The summed E-state index contributed by atoms with van der Waals surface area (Å²) in [6.07, 6.45) is 2.58. The molecule has 1 amide bonds. The van der Waals surface area contributed by atoms with Crippen molar-refractivity contribution in [2.75, 3.05) is 26.2 Å². The Kier molecular flexibility index (Phi) is 4.76. The SMILES string of the molecule is Cc1cnccc1-c1ccc(CN2CCN(C(=O)O)CC2)c(F)c1. The predicted molar refractivity (Wildman–Crippen MR) is 89.2 cm³/mol. The van der Waals surface area contributed by atoms with Crippen molar-refractivity contribution in [1.82, 2.24) is 14.8 Å². The van der Waals surface area contributed by atoms with Crippen LogP contribution in [0.4, 0.5) is 9.18 Å². The third-order valence-corrected chi connectivity index (χ3v) is 4.42. The summed E-state index contributed by atoms with van der Waals surface area (Å²) in [5.74, 6) is -0.232. The zero-order valence-corrected chi connectivity index (χ0v) is 13.6. The zero-order valence-electron chi connectivity index (χ0n) is 13.6. The molecule has 0 saturated carbocycles. The first kappa shape index (κ1) is 16.4. The Morgan fingerprint density at radius 1 is 1.25 bits per heavy atom. The largest absolute Gasteiger partial charge is 0.465 e. The van der Waals surface area contributed by atoms with Crippen LogP contribution in [0, 0.1) is 12.7 Å². The van der Waals surface area contributed by atoms with E-state index in [-0.39, 0.29) is 5.82 Å². The van der Waals surface area contributed by atoms with E-state index in [2.05, 4.69) is 9.88 Å². The zero-order chi connectivity index (χ0) is 17.1. The van der Waals surface area contributed by atoms with Gasteiger partial charge in [-0.1, -0.05) is 12.1 Å². The van der Waals surface area contributed by atoms with Gasteiger partial charge in [0.1, 0.15) is 5.82 Å². The van der Waals surface area contributed by atoms with Gasteiger partial charge < -0.3 is 10.0 Å². The molecule has 1 aromatic heterocycles. The molecular formula is C18H20FN3O2. The third-order valence-electron chi connectivity index (χ3n) is 4.42. The van der Waals surface area contributed by atoms with E-state index in [4.69, 9.17) is 5.11 Å². The number of nitrogens with zero attached hydrogens (tertiary/aromatic N) is 3. The van der Waals surface area contributed by atoms with Gasteiger partial charge in [0.15, 0.2) is 0 Å². The van der Waals surface area contributed by atoms with E-state index >= 15 is 0 Å². The lowest BCUT2D eigenvalue weighted by molar-refractivity contribution is 0.102. The normalized spacial score (nSPS) is 15.5. The molecule has 126 valence electrons. The van der Waals surface area contributed by atoms with Crippen LogP contribution < -0.4 is 0 Å². The summed E-state index contributed by atoms with van der Waals surface area (Å²) in [7, 11) is 0. The minimum atomic E-state index is -0.891. The van der Waals surface area contributed by atoms with Gasteiger partial charge in [-0.2, -0.15) is 0 Å². The number of aromatic nitrogens is 1. The highest BCUT2D eigenvalue weighted by Crippen LogP contribution is 2.25.